The van der Waals surface area contributed by atoms with Crippen LogP contribution in [0.25, 0.3) is 0 Å². The van der Waals surface area contributed by atoms with Gasteiger partial charge in [0.05, 0.1) is 0 Å². The molecule has 1 aliphatic heterocycles. The van der Waals surface area contributed by atoms with E-state index in [1.165, 1.54) is 0 Å². The van der Waals surface area contributed by atoms with Gasteiger partial charge in [-0.25, -0.2) is 4.63 Å². The van der Waals surface area contributed by atoms with Gasteiger partial charge in [-0.1, -0.05) is 26.2 Å². The minimum absolute atomic E-state index is 0.246. The summed E-state index contributed by atoms with van der Waals surface area (Å²) >= 11 is 3.49. The lowest BCUT2D eigenvalue weighted by molar-refractivity contribution is 0.129. The average Bonchev–Trinajstić information content (AvgIpc) is 3.16. The summed E-state index contributed by atoms with van der Waals surface area (Å²) in [4.78, 5) is 5.48. The zero-order chi connectivity index (χ0) is 14.9. The smallest absolute Gasteiger partial charge is 0.231 e. The highest BCUT2D eigenvalue weighted by Gasteiger charge is 2.22. The predicted molar refractivity (Wildman–Crippen MR) is 78.8 cm³/mol. The first-order valence-corrected chi connectivity index (χ1v) is 7.69. The van der Waals surface area contributed by atoms with E-state index in [9.17, 15) is 0 Å². The minimum atomic E-state index is 0.246. The predicted octanol–water partition coefficient (Wildman–Crippen LogP) is 2.82. The third-order valence-electron chi connectivity index (χ3n) is 3.59. The molecular weight excluding hydrogens is 354 g/mol. The summed E-state index contributed by atoms with van der Waals surface area (Å²) in [5.41, 5.74) is 3.26. The standard InChI is InChI=1S/C14H12BrN3O4/c15-9-5-13-12(19-7-20-13)4-8(9)6-21-16-10-2-1-3-11-14(10)18-22-17-11/h4-5H,1-3,6-7H2/b16-10-. The number of nitrogens with zero attached hydrogens (tertiary/aromatic N) is 3. The van der Waals surface area contributed by atoms with Crippen molar-refractivity contribution in [2.45, 2.75) is 25.9 Å². The first-order valence-electron chi connectivity index (χ1n) is 6.90. The number of ether oxygens (including phenoxy) is 2. The van der Waals surface area contributed by atoms with Crippen molar-refractivity contribution in [2.75, 3.05) is 6.79 Å². The lowest BCUT2D eigenvalue weighted by atomic mass is 9.99. The maximum atomic E-state index is 5.48. The summed E-state index contributed by atoms with van der Waals surface area (Å²) in [5, 5.41) is 11.9. The molecule has 0 amide bonds. The van der Waals surface area contributed by atoms with E-state index in [4.69, 9.17) is 18.9 Å². The maximum Gasteiger partial charge on any atom is 0.231 e. The van der Waals surface area contributed by atoms with Gasteiger partial charge >= 0.3 is 0 Å². The van der Waals surface area contributed by atoms with E-state index in [2.05, 4.69) is 31.4 Å². The molecule has 0 spiro atoms. The van der Waals surface area contributed by atoms with Crippen LogP contribution >= 0.6 is 15.9 Å². The van der Waals surface area contributed by atoms with Gasteiger partial charge in [0.1, 0.15) is 18.0 Å². The Morgan fingerprint density at radius 3 is 2.95 bits per heavy atom. The van der Waals surface area contributed by atoms with E-state index < -0.39 is 0 Å². The number of oxime groups is 1. The lowest BCUT2D eigenvalue weighted by Gasteiger charge is -2.10. The number of hydrogen-bond donors (Lipinski definition) is 0. The molecule has 0 radical (unpaired) electrons. The lowest BCUT2D eigenvalue weighted by Crippen LogP contribution is -2.12. The van der Waals surface area contributed by atoms with Crippen LogP contribution in [-0.2, 0) is 17.9 Å². The first kappa shape index (κ1) is 13.6. The van der Waals surface area contributed by atoms with Gasteiger partial charge in [0.15, 0.2) is 17.2 Å². The molecule has 0 bridgehead atoms. The summed E-state index contributed by atoms with van der Waals surface area (Å²) in [7, 11) is 0. The van der Waals surface area contributed by atoms with Gasteiger partial charge in [-0.2, -0.15) is 0 Å². The molecule has 0 fully saturated rings. The van der Waals surface area contributed by atoms with Crippen molar-refractivity contribution in [2.24, 2.45) is 5.16 Å². The van der Waals surface area contributed by atoms with Crippen LogP contribution in [0.15, 0.2) is 26.4 Å². The Labute approximate surface area is 134 Å². The van der Waals surface area contributed by atoms with Gasteiger partial charge in [-0.05, 0) is 36.6 Å². The Hall–Kier alpha value is -2.09. The molecule has 114 valence electrons. The summed E-state index contributed by atoms with van der Waals surface area (Å²) < 4.78 is 16.3. The van der Waals surface area contributed by atoms with Crippen LogP contribution in [0.1, 0.15) is 29.8 Å². The van der Waals surface area contributed by atoms with Crippen molar-refractivity contribution >= 4 is 21.6 Å². The van der Waals surface area contributed by atoms with Crippen molar-refractivity contribution in [1.82, 2.24) is 10.3 Å². The Bertz CT molecular complexity index is 744. The van der Waals surface area contributed by atoms with Gasteiger partial charge in [-0.15, -0.1) is 0 Å². The number of rotatable bonds is 3. The van der Waals surface area contributed by atoms with Crippen LogP contribution < -0.4 is 9.47 Å². The molecule has 2 aromatic rings. The molecule has 8 heteroatoms. The molecule has 1 aromatic carbocycles. The van der Waals surface area contributed by atoms with Crippen molar-refractivity contribution in [1.29, 1.82) is 0 Å². The van der Waals surface area contributed by atoms with Gasteiger partial charge in [0.25, 0.3) is 0 Å². The number of aromatic nitrogens is 2. The quantitative estimate of drug-likeness (QED) is 0.778. The maximum absolute atomic E-state index is 5.48. The second-order valence-electron chi connectivity index (χ2n) is 5.02. The van der Waals surface area contributed by atoms with Gasteiger partial charge in [0, 0.05) is 10.0 Å². The van der Waals surface area contributed by atoms with Crippen molar-refractivity contribution < 1.29 is 18.9 Å². The van der Waals surface area contributed by atoms with E-state index in [-0.39, 0.29) is 6.79 Å². The third kappa shape index (κ3) is 2.43. The normalized spacial score (nSPS) is 17.6. The number of benzene rings is 1. The molecule has 22 heavy (non-hydrogen) atoms. The Morgan fingerprint density at radius 1 is 1.18 bits per heavy atom. The highest BCUT2D eigenvalue weighted by atomic mass is 79.9. The number of hydrogen-bond acceptors (Lipinski definition) is 7. The van der Waals surface area contributed by atoms with Crippen LogP contribution in [0.3, 0.4) is 0 Å². The van der Waals surface area contributed by atoms with E-state index in [1.807, 2.05) is 12.1 Å². The zero-order valence-electron chi connectivity index (χ0n) is 11.5. The molecule has 2 heterocycles. The fraction of sp³-hybridized carbons (Fsp3) is 0.357. The summed E-state index contributed by atoms with van der Waals surface area (Å²) in [5.74, 6) is 1.45. The molecule has 0 atom stereocenters. The minimum Gasteiger partial charge on any atom is -0.454 e. The molecule has 0 unspecified atom stereocenters. The molecule has 0 saturated heterocycles. The fourth-order valence-electron chi connectivity index (χ4n) is 2.47. The van der Waals surface area contributed by atoms with Crippen molar-refractivity contribution in [3.05, 3.63) is 33.6 Å². The largest absolute Gasteiger partial charge is 0.454 e. The molecular formula is C14H12BrN3O4. The van der Waals surface area contributed by atoms with Gasteiger partial charge in [-0.3, -0.25) is 0 Å². The Morgan fingerprint density at radius 2 is 2.05 bits per heavy atom. The van der Waals surface area contributed by atoms with Crippen LogP contribution in [0.2, 0.25) is 0 Å². The van der Waals surface area contributed by atoms with Crippen LogP contribution in [0, 0.1) is 0 Å². The van der Waals surface area contributed by atoms with Crippen LogP contribution in [-0.4, -0.2) is 22.8 Å². The fourth-order valence-corrected chi connectivity index (χ4v) is 2.91. The van der Waals surface area contributed by atoms with E-state index in [0.717, 1.165) is 52.2 Å². The average molecular weight is 366 g/mol. The second kappa shape index (κ2) is 5.60. The summed E-state index contributed by atoms with van der Waals surface area (Å²) in [6.07, 6.45) is 2.65. The number of aryl methyl sites for hydroxylation is 1. The summed E-state index contributed by atoms with van der Waals surface area (Å²) in [6.45, 7) is 0.567. The SMILES string of the molecule is Brc1cc2c(cc1CO/N=C1/CCCc3nonc31)OCO2. The zero-order valence-corrected chi connectivity index (χ0v) is 13.1. The molecule has 2 aliphatic rings. The monoisotopic (exact) mass is 365 g/mol. The Kier molecular flexibility index (Phi) is 3.45. The van der Waals surface area contributed by atoms with Crippen molar-refractivity contribution in [3.8, 4) is 11.5 Å². The molecule has 0 N–H and O–H groups in total. The second-order valence-corrected chi connectivity index (χ2v) is 5.88. The highest BCUT2D eigenvalue weighted by molar-refractivity contribution is 9.10. The molecule has 4 rings (SSSR count). The number of fused-ring (bicyclic) bond motifs is 2. The molecule has 7 nitrogen and oxygen atoms in total. The van der Waals surface area contributed by atoms with Crippen LogP contribution in [0.5, 0.6) is 11.5 Å². The first-order chi connectivity index (χ1) is 10.8. The topological polar surface area (TPSA) is 79.0 Å². The van der Waals surface area contributed by atoms with Crippen LogP contribution in [0.4, 0.5) is 0 Å². The Balaban J connectivity index is 1.49. The number of halogens is 1. The van der Waals surface area contributed by atoms with Gasteiger partial charge < -0.3 is 14.3 Å². The molecule has 1 aliphatic carbocycles. The van der Waals surface area contributed by atoms with Crippen molar-refractivity contribution in [3.63, 3.8) is 0 Å². The van der Waals surface area contributed by atoms with E-state index in [1.54, 1.807) is 0 Å². The van der Waals surface area contributed by atoms with E-state index >= 15 is 0 Å². The summed E-state index contributed by atoms with van der Waals surface area (Å²) in [6, 6.07) is 3.75. The highest BCUT2D eigenvalue weighted by Crippen LogP contribution is 2.37. The van der Waals surface area contributed by atoms with E-state index in [0.29, 0.717) is 12.3 Å². The molecule has 0 saturated carbocycles. The molecule has 1 aromatic heterocycles. The third-order valence-corrected chi connectivity index (χ3v) is 4.33. The van der Waals surface area contributed by atoms with Gasteiger partial charge in [0.2, 0.25) is 6.79 Å².